The number of ether oxygens (including phenoxy) is 1. The van der Waals surface area contributed by atoms with Gasteiger partial charge < -0.3 is 15.0 Å². The molecule has 3 rings (SSSR count). The van der Waals surface area contributed by atoms with Crippen molar-refractivity contribution >= 4 is 17.5 Å². The standard InChI is InChI=1S/C21H24N2O3/c1-4-26-18-9-6-16(7-10-18)20(24)22-19-11-12-23(21(19)25)17-8-5-14(2)15(3)13-17/h5-10,13,19H,4,11-12H2,1-3H3,(H,22,24)/t19-/m0/s1. The minimum absolute atomic E-state index is 0.0625. The number of nitrogens with one attached hydrogen (secondary N) is 1. The number of carbonyl (C=O) groups is 2. The zero-order chi connectivity index (χ0) is 18.7. The van der Waals surface area contributed by atoms with Crippen molar-refractivity contribution in [2.75, 3.05) is 18.1 Å². The van der Waals surface area contributed by atoms with Crippen molar-refractivity contribution in [1.82, 2.24) is 5.32 Å². The summed E-state index contributed by atoms with van der Waals surface area (Å²) in [4.78, 5) is 26.9. The zero-order valence-corrected chi connectivity index (χ0v) is 15.4. The zero-order valence-electron chi connectivity index (χ0n) is 15.4. The molecule has 5 heteroatoms. The summed E-state index contributed by atoms with van der Waals surface area (Å²) in [6, 6.07) is 12.4. The predicted octanol–water partition coefficient (Wildman–Crippen LogP) is 3.24. The van der Waals surface area contributed by atoms with Crippen molar-refractivity contribution < 1.29 is 14.3 Å². The molecule has 0 spiro atoms. The van der Waals surface area contributed by atoms with Gasteiger partial charge in [-0.3, -0.25) is 9.59 Å². The SMILES string of the molecule is CCOc1ccc(C(=O)N[C@H]2CCN(c3ccc(C)c(C)c3)C2=O)cc1. The molecule has 1 fully saturated rings. The van der Waals surface area contributed by atoms with E-state index >= 15 is 0 Å². The third-order valence-corrected chi connectivity index (χ3v) is 4.74. The van der Waals surface area contributed by atoms with Gasteiger partial charge in [-0.25, -0.2) is 0 Å². The van der Waals surface area contributed by atoms with Crippen LogP contribution in [0.3, 0.4) is 0 Å². The van der Waals surface area contributed by atoms with E-state index in [1.165, 1.54) is 5.56 Å². The Labute approximate surface area is 154 Å². The number of anilines is 1. The average Bonchev–Trinajstić information content (AvgIpc) is 2.99. The van der Waals surface area contributed by atoms with E-state index in [2.05, 4.69) is 5.32 Å². The summed E-state index contributed by atoms with van der Waals surface area (Å²) in [7, 11) is 0. The summed E-state index contributed by atoms with van der Waals surface area (Å²) in [6.07, 6.45) is 0.606. The van der Waals surface area contributed by atoms with Crippen molar-refractivity contribution in [1.29, 1.82) is 0 Å². The third-order valence-electron chi connectivity index (χ3n) is 4.74. The van der Waals surface area contributed by atoms with E-state index < -0.39 is 6.04 Å². The van der Waals surface area contributed by atoms with E-state index in [1.54, 1.807) is 29.2 Å². The first-order chi connectivity index (χ1) is 12.5. The van der Waals surface area contributed by atoms with Gasteiger partial charge in [0.05, 0.1) is 6.61 Å². The molecule has 1 aliphatic heterocycles. The predicted molar refractivity (Wildman–Crippen MR) is 102 cm³/mol. The molecule has 0 radical (unpaired) electrons. The van der Waals surface area contributed by atoms with Crippen LogP contribution in [-0.4, -0.2) is 31.0 Å². The Balaban J connectivity index is 1.66. The van der Waals surface area contributed by atoms with Crippen LogP contribution in [0.2, 0.25) is 0 Å². The van der Waals surface area contributed by atoms with E-state index in [9.17, 15) is 9.59 Å². The summed E-state index contributed by atoms with van der Waals surface area (Å²) in [5.41, 5.74) is 3.75. The average molecular weight is 352 g/mol. The van der Waals surface area contributed by atoms with Gasteiger partial charge in [0.15, 0.2) is 0 Å². The van der Waals surface area contributed by atoms with Crippen molar-refractivity contribution in [2.24, 2.45) is 0 Å². The smallest absolute Gasteiger partial charge is 0.251 e. The Hall–Kier alpha value is -2.82. The van der Waals surface area contributed by atoms with Crippen LogP contribution in [0.1, 0.15) is 34.8 Å². The van der Waals surface area contributed by atoms with Gasteiger partial charge in [0.1, 0.15) is 11.8 Å². The quantitative estimate of drug-likeness (QED) is 0.899. The molecule has 0 unspecified atom stereocenters. The maximum atomic E-state index is 12.7. The van der Waals surface area contributed by atoms with Crippen molar-refractivity contribution in [2.45, 2.75) is 33.2 Å². The highest BCUT2D eigenvalue weighted by atomic mass is 16.5. The monoisotopic (exact) mass is 352 g/mol. The fourth-order valence-electron chi connectivity index (χ4n) is 3.07. The van der Waals surface area contributed by atoms with Crippen molar-refractivity contribution in [3.05, 3.63) is 59.2 Å². The van der Waals surface area contributed by atoms with Crippen LogP contribution in [0.5, 0.6) is 5.75 Å². The second kappa shape index (κ2) is 7.60. The summed E-state index contributed by atoms with van der Waals surface area (Å²) < 4.78 is 5.38. The molecule has 1 aliphatic rings. The number of hydrogen-bond acceptors (Lipinski definition) is 3. The molecule has 0 bridgehead atoms. The lowest BCUT2D eigenvalue weighted by molar-refractivity contribution is -0.118. The molecule has 2 aromatic rings. The van der Waals surface area contributed by atoms with Gasteiger partial charge in [-0.2, -0.15) is 0 Å². The maximum Gasteiger partial charge on any atom is 0.251 e. The number of carbonyl (C=O) groups excluding carboxylic acids is 2. The summed E-state index contributed by atoms with van der Waals surface area (Å²) in [5, 5.41) is 2.85. The minimum atomic E-state index is -0.490. The first-order valence-corrected chi connectivity index (χ1v) is 8.92. The molecule has 2 amide bonds. The Morgan fingerprint density at radius 1 is 1.15 bits per heavy atom. The van der Waals surface area contributed by atoms with Gasteiger partial charge in [-0.05, 0) is 74.7 Å². The number of amides is 2. The fourth-order valence-corrected chi connectivity index (χ4v) is 3.07. The minimum Gasteiger partial charge on any atom is -0.494 e. The third kappa shape index (κ3) is 3.72. The molecule has 136 valence electrons. The Morgan fingerprint density at radius 3 is 2.54 bits per heavy atom. The Morgan fingerprint density at radius 2 is 1.88 bits per heavy atom. The van der Waals surface area contributed by atoms with E-state index in [0.717, 1.165) is 17.0 Å². The summed E-state index contributed by atoms with van der Waals surface area (Å²) in [6.45, 7) is 7.18. The van der Waals surface area contributed by atoms with Crippen LogP contribution in [0.4, 0.5) is 5.69 Å². The van der Waals surface area contributed by atoms with Crippen LogP contribution in [0, 0.1) is 13.8 Å². The maximum absolute atomic E-state index is 12.7. The highest BCUT2D eigenvalue weighted by Gasteiger charge is 2.33. The van der Waals surface area contributed by atoms with Crippen LogP contribution in [0.25, 0.3) is 0 Å². The molecule has 0 aromatic heterocycles. The fraction of sp³-hybridized carbons (Fsp3) is 0.333. The number of nitrogens with zero attached hydrogens (tertiary/aromatic N) is 1. The molecular weight excluding hydrogens is 328 g/mol. The van der Waals surface area contributed by atoms with Crippen LogP contribution in [-0.2, 0) is 4.79 Å². The van der Waals surface area contributed by atoms with Gasteiger partial charge in [0, 0.05) is 17.8 Å². The van der Waals surface area contributed by atoms with Crippen LogP contribution < -0.4 is 15.0 Å². The first-order valence-electron chi connectivity index (χ1n) is 8.92. The molecule has 2 aromatic carbocycles. The summed E-state index contributed by atoms with van der Waals surface area (Å²) >= 11 is 0. The highest BCUT2D eigenvalue weighted by molar-refractivity contribution is 6.04. The Kier molecular flexibility index (Phi) is 5.26. The highest BCUT2D eigenvalue weighted by Crippen LogP contribution is 2.24. The second-order valence-electron chi connectivity index (χ2n) is 6.53. The van der Waals surface area contributed by atoms with Crippen LogP contribution in [0.15, 0.2) is 42.5 Å². The van der Waals surface area contributed by atoms with Gasteiger partial charge in [0.25, 0.3) is 5.91 Å². The molecular formula is C21H24N2O3. The number of benzene rings is 2. The number of hydrogen-bond donors (Lipinski definition) is 1. The molecule has 1 atom stereocenters. The normalized spacial score (nSPS) is 16.7. The molecule has 26 heavy (non-hydrogen) atoms. The number of rotatable bonds is 5. The topological polar surface area (TPSA) is 58.6 Å². The van der Waals surface area contributed by atoms with E-state index in [1.807, 2.05) is 39.0 Å². The number of aryl methyl sites for hydroxylation is 2. The van der Waals surface area contributed by atoms with Gasteiger partial charge >= 0.3 is 0 Å². The lowest BCUT2D eigenvalue weighted by Gasteiger charge is -2.18. The molecule has 1 N–H and O–H groups in total. The van der Waals surface area contributed by atoms with Crippen LogP contribution >= 0.6 is 0 Å². The van der Waals surface area contributed by atoms with Gasteiger partial charge in [-0.1, -0.05) is 6.07 Å². The lowest BCUT2D eigenvalue weighted by Crippen LogP contribution is -2.41. The molecule has 1 saturated heterocycles. The van der Waals surface area contributed by atoms with E-state index in [0.29, 0.717) is 25.1 Å². The second-order valence-corrected chi connectivity index (χ2v) is 6.53. The summed E-state index contributed by atoms with van der Waals surface area (Å²) in [5.74, 6) is 0.419. The largest absolute Gasteiger partial charge is 0.494 e. The van der Waals surface area contributed by atoms with Crippen molar-refractivity contribution in [3.63, 3.8) is 0 Å². The first kappa shape index (κ1) is 18.0. The molecule has 5 nitrogen and oxygen atoms in total. The van der Waals surface area contributed by atoms with E-state index in [4.69, 9.17) is 4.74 Å². The lowest BCUT2D eigenvalue weighted by atomic mass is 10.1. The Bertz CT molecular complexity index is 815. The van der Waals surface area contributed by atoms with Gasteiger partial charge in [-0.15, -0.1) is 0 Å². The van der Waals surface area contributed by atoms with Gasteiger partial charge in [0.2, 0.25) is 5.91 Å². The molecule has 0 aliphatic carbocycles. The van der Waals surface area contributed by atoms with Crippen molar-refractivity contribution in [3.8, 4) is 5.75 Å². The molecule has 1 heterocycles. The van der Waals surface area contributed by atoms with E-state index in [-0.39, 0.29) is 11.8 Å². The molecule has 0 saturated carbocycles.